The van der Waals surface area contributed by atoms with Crippen molar-refractivity contribution in [2.75, 3.05) is 25.5 Å². The van der Waals surface area contributed by atoms with Crippen LogP contribution in [-0.2, 0) is 0 Å². The molecule has 21 heavy (non-hydrogen) atoms. The number of hydrogen-bond donors (Lipinski definition) is 1. The van der Waals surface area contributed by atoms with Crippen molar-refractivity contribution in [3.05, 3.63) is 29.3 Å². The van der Waals surface area contributed by atoms with Gasteiger partial charge in [0.2, 0.25) is 0 Å². The topological polar surface area (TPSA) is 32.3 Å². The molecule has 116 valence electrons. The lowest BCUT2D eigenvalue weighted by Gasteiger charge is -2.39. The summed E-state index contributed by atoms with van der Waals surface area (Å²) in [5, 5.41) is 3.11. The summed E-state index contributed by atoms with van der Waals surface area (Å²) < 4.78 is 0. The van der Waals surface area contributed by atoms with Gasteiger partial charge in [-0.1, -0.05) is 20.8 Å². The number of carbonyl (C=O) groups excluding carboxylic acids is 1. The summed E-state index contributed by atoms with van der Waals surface area (Å²) in [6.45, 7) is 10.7. The van der Waals surface area contributed by atoms with Gasteiger partial charge in [-0.3, -0.25) is 4.79 Å². The van der Waals surface area contributed by atoms with Crippen LogP contribution in [0.2, 0.25) is 0 Å². The Labute approximate surface area is 128 Å². The number of amides is 1. The lowest BCUT2D eigenvalue weighted by molar-refractivity contribution is 0.0608. The molecular weight excluding hydrogens is 260 g/mol. The summed E-state index contributed by atoms with van der Waals surface area (Å²) in [6, 6.07) is 5.95. The number of hydrogen-bond acceptors (Lipinski definition) is 2. The Hall–Kier alpha value is -1.51. The molecule has 1 aromatic carbocycles. The molecule has 0 spiro atoms. The highest BCUT2D eigenvalue weighted by Crippen LogP contribution is 2.34. The summed E-state index contributed by atoms with van der Waals surface area (Å²) in [5.41, 5.74) is 3.28. The monoisotopic (exact) mass is 288 g/mol. The van der Waals surface area contributed by atoms with E-state index in [2.05, 4.69) is 26.1 Å². The molecule has 0 aliphatic carbocycles. The van der Waals surface area contributed by atoms with Crippen molar-refractivity contribution in [2.45, 2.75) is 40.5 Å². The molecule has 1 amide bonds. The molecule has 0 unspecified atom stereocenters. The van der Waals surface area contributed by atoms with E-state index in [9.17, 15) is 4.79 Å². The van der Waals surface area contributed by atoms with E-state index in [-0.39, 0.29) is 5.91 Å². The average Bonchev–Trinajstić information content (AvgIpc) is 2.45. The summed E-state index contributed by atoms with van der Waals surface area (Å²) in [5.74, 6) is 0.900. The zero-order chi connectivity index (χ0) is 15.6. The molecule has 1 saturated heterocycles. The van der Waals surface area contributed by atoms with Gasteiger partial charge >= 0.3 is 0 Å². The number of likely N-dealkylation sites (tertiary alicyclic amines) is 1. The van der Waals surface area contributed by atoms with Crippen LogP contribution in [0.1, 0.15) is 49.5 Å². The smallest absolute Gasteiger partial charge is 0.254 e. The van der Waals surface area contributed by atoms with Gasteiger partial charge in [0.1, 0.15) is 0 Å². The zero-order valence-corrected chi connectivity index (χ0v) is 14.0. The SMILES string of the molecule is CNc1ccc(C(=O)N2CCC(C(C)(C)C)CC2)c(C)c1. The molecule has 1 fully saturated rings. The van der Waals surface area contributed by atoms with Crippen LogP contribution in [0.4, 0.5) is 5.69 Å². The van der Waals surface area contributed by atoms with Gasteiger partial charge in [-0.15, -0.1) is 0 Å². The van der Waals surface area contributed by atoms with E-state index in [1.807, 2.05) is 37.1 Å². The van der Waals surface area contributed by atoms with Crippen LogP contribution in [0, 0.1) is 18.3 Å². The van der Waals surface area contributed by atoms with Crippen LogP contribution in [0.25, 0.3) is 0 Å². The third-order valence-corrected chi connectivity index (χ3v) is 4.75. The number of rotatable bonds is 2. The number of benzene rings is 1. The van der Waals surface area contributed by atoms with Gasteiger partial charge in [0, 0.05) is 31.4 Å². The van der Waals surface area contributed by atoms with Crippen LogP contribution >= 0.6 is 0 Å². The fourth-order valence-corrected chi connectivity index (χ4v) is 3.18. The van der Waals surface area contributed by atoms with E-state index in [1.165, 1.54) is 0 Å². The zero-order valence-electron chi connectivity index (χ0n) is 14.0. The van der Waals surface area contributed by atoms with Gasteiger partial charge in [-0.25, -0.2) is 0 Å². The highest BCUT2D eigenvalue weighted by atomic mass is 16.2. The second-order valence-electron chi connectivity index (χ2n) is 7.21. The maximum atomic E-state index is 12.7. The van der Waals surface area contributed by atoms with Crippen molar-refractivity contribution in [2.24, 2.45) is 11.3 Å². The molecule has 1 aliphatic heterocycles. The quantitative estimate of drug-likeness (QED) is 0.894. The third kappa shape index (κ3) is 3.58. The Morgan fingerprint density at radius 2 is 1.86 bits per heavy atom. The second kappa shape index (κ2) is 6.08. The van der Waals surface area contributed by atoms with E-state index in [0.29, 0.717) is 11.3 Å². The highest BCUT2D eigenvalue weighted by molar-refractivity contribution is 5.96. The van der Waals surface area contributed by atoms with E-state index in [4.69, 9.17) is 0 Å². The first kappa shape index (κ1) is 15.9. The highest BCUT2D eigenvalue weighted by Gasteiger charge is 2.30. The fourth-order valence-electron chi connectivity index (χ4n) is 3.18. The maximum Gasteiger partial charge on any atom is 0.254 e. The van der Waals surface area contributed by atoms with Crippen LogP contribution in [-0.4, -0.2) is 30.9 Å². The number of nitrogens with zero attached hydrogens (tertiary/aromatic N) is 1. The first-order chi connectivity index (χ1) is 9.82. The van der Waals surface area contributed by atoms with E-state index in [0.717, 1.165) is 42.7 Å². The molecule has 3 nitrogen and oxygen atoms in total. The first-order valence-corrected chi connectivity index (χ1v) is 7.90. The predicted molar refractivity (Wildman–Crippen MR) is 88.8 cm³/mol. The van der Waals surface area contributed by atoms with Crippen molar-refractivity contribution in [1.29, 1.82) is 0 Å². The van der Waals surface area contributed by atoms with Crippen LogP contribution in [0.15, 0.2) is 18.2 Å². The van der Waals surface area contributed by atoms with Crippen molar-refractivity contribution < 1.29 is 4.79 Å². The van der Waals surface area contributed by atoms with Crippen molar-refractivity contribution in [1.82, 2.24) is 4.90 Å². The molecule has 0 radical (unpaired) electrons. The molecule has 3 heteroatoms. The summed E-state index contributed by atoms with van der Waals surface area (Å²) >= 11 is 0. The Morgan fingerprint density at radius 1 is 1.24 bits per heavy atom. The predicted octanol–water partition coefficient (Wildman–Crippen LogP) is 3.94. The first-order valence-electron chi connectivity index (χ1n) is 7.90. The lowest BCUT2D eigenvalue weighted by atomic mass is 9.75. The molecule has 0 aromatic heterocycles. The van der Waals surface area contributed by atoms with Gasteiger partial charge in [0.05, 0.1) is 0 Å². The van der Waals surface area contributed by atoms with Gasteiger partial charge in [-0.05, 0) is 54.9 Å². The van der Waals surface area contributed by atoms with Crippen LogP contribution in [0.3, 0.4) is 0 Å². The van der Waals surface area contributed by atoms with Crippen molar-refractivity contribution >= 4 is 11.6 Å². The molecule has 1 aliphatic rings. The molecule has 1 aromatic rings. The largest absolute Gasteiger partial charge is 0.388 e. The van der Waals surface area contributed by atoms with Gasteiger partial charge < -0.3 is 10.2 Å². The van der Waals surface area contributed by atoms with E-state index >= 15 is 0 Å². The minimum atomic E-state index is 0.183. The van der Waals surface area contributed by atoms with Gasteiger partial charge in [-0.2, -0.15) is 0 Å². The number of carbonyl (C=O) groups is 1. The fraction of sp³-hybridized carbons (Fsp3) is 0.611. The van der Waals surface area contributed by atoms with Gasteiger partial charge in [0.15, 0.2) is 0 Å². The summed E-state index contributed by atoms with van der Waals surface area (Å²) in [6.07, 6.45) is 2.23. The average molecular weight is 288 g/mol. The molecular formula is C18H28N2O. The normalized spacial score (nSPS) is 16.9. The molecule has 1 heterocycles. The molecule has 2 rings (SSSR count). The molecule has 0 saturated carbocycles. The minimum absolute atomic E-state index is 0.183. The van der Waals surface area contributed by atoms with Crippen LogP contribution < -0.4 is 5.32 Å². The number of anilines is 1. The standard InChI is InChI=1S/C18H28N2O/c1-13-12-15(19-5)6-7-16(13)17(21)20-10-8-14(9-11-20)18(2,3)4/h6-7,12,14,19H,8-11H2,1-5H3. The van der Waals surface area contributed by atoms with Crippen LogP contribution in [0.5, 0.6) is 0 Å². The second-order valence-corrected chi connectivity index (χ2v) is 7.21. The lowest BCUT2D eigenvalue weighted by Crippen LogP contribution is -2.41. The Morgan fingerprint density at radius 3 is 2.33 bits per heavy atom. The number of nitrogens with one attached hydrogen (secondary N) is 1. The Balaban J connectivity index is 2.05. The number of piperidine rings is 1. The van der Waals surface area contributed by atoms with Crippen molar-refractivity contribution in [3.63, 3.8) is 0 Å². The Bertz CT molecular complexity index is 508. The maximum absolute atomic E-state index is 12.7. The molecule has 0 atom stereocenters. The van der Waals surface area contributed by atoms with E-state index < -0.39 is 0 Å². The Kier molecular flexibility index (Phi) is 4.60. The minimum Gasteiger partial charge on any atom is -0.388 e. The molecule has 1 N–H and O–H groups in total. The summed E-state index contributed by atoms with van der Waals surface area (Å²) in [7, 11) is 1.90. The summed E-state index contributed by atoms with van der Waals surface area (Å²) in [4.78, 5) is 14.7. The molecule has 0 bridgehead atoms. The van der Waals surface area contributed by atoms with Gasteiger partial charge in [0.25, 0.3) is 5.91 Å². The van der Waals surface area contributed by atoms with Crippen molar-refractivity contribution in [3.8, 4) is 0 Å². The van der Waals surface area contributed by atoms with E-state index in [1.54, 1.807) is 0 Å². The number of aryl methyl sites for hydroxylation is 1. The third-order valence-electron chi connectivity index (χ3n) is 4.75.